The highest BCUT2D eigenvalue weighted by molar-refractivity contribution is 7.80. The summed E-state index contributed by atoms with van der Waals surface area (Å²) in [5, 5.41) is 11.6. The summed E-state index contributed by atoms with van der Waals surface area (Å²) in [6.45, 7) is 3.52. The fourth-order valence-corrected chi connectivity index (χ4v) is 1.28. The zero-order valence-corrected chi connectivity index (χ0v) is 9.01. The van der Waals surface area contributed by atoms with E-state index in [1.165, 1.54) is 0 Å². The van der Waals surface area contributed by atoms with E-state index in [2.05, 4.69) is 17.9 Å². The van der Waals surface area contributed by atoms with Crippen molar-refractivity contribution in [2.75, 3.05) is 5.32 Å². The van der Waals surface area contributed by atoms with Crippen molar-refractivity contribution in [3.8, 4) is 0 Å². The van der Waals surface area contributed by atoms with E-state index in [0.29, 0.717) is 0 Å². The molecule has 1 unspecified atom stereocenters. The van der Waals surface area contributed by atoms with Crippen LogP contribution >= 0.6 is 12.6 Å². The number of aliphatic carboxylic acids is 1. The van der Waals surface area contributed by atoms with Crippen molar-refractivity contribution in [1.82, 2.24) is 0 Å². The van der Waals surface area contributed by atoms with Crippen molar-refractivity contribution < 1.29 is 9.90 Å². The van der Waals surface area contributed by atoms with Gasteiger partial charge in [-0.3, -0.25) is 4.79 Å². The van der Waals surface area contributed by atoms with E-state index in [0.717, 1.165) is 16.1 Å². The molecular formula is C10H13NO2S. The summed E-state index contributed by atoms with van der Waals surface area (Å²) in [4.78, 5) is 11.4. The monoisotopic (exact) mass is 211 g/mol. The number of carbonyl (C=O) groups is 1. The first-order chi connectivity index (χ1) is 6.52. The summed E-state index contributed by atoms with van der Waals surface area (Å²) < 4.78 is 0. The first kappa shape index (κ1) is 10.9. The average molecular weight is 211 g/mol. The Morgan fingerprint density at radius 2 is 2.21 bits per heavy atom. The van der Waals surface area contributed by atoms with Crippen molar-refractivity contribution in [2.45, 2.75) is 24.8 Å². The van der Waals surface area contributed by atoms with E-state index in [-0.39, 0.29) is 0 Å². The van der Waals surface area contributed by atoms with Crippen molar-refractivity contribution >= 4 is 24.3 Å². The second-order valence-corrected chi connectivity index (χ2v) is 3.62. The molecule has 0 spiro atoms. The molecule has 1 rings (SSSR count). The maximum atomic E-state index is 10.6. The zero-order valence-electron chi connectivity index (χ0n) is 8.11. The normalized spacial score (nSPS) is 12.2. The molecular weight excluding hydrogens is 198 g/mol. The molecule has 0 aliphatic rings. The van der Waals surface area contributed by atoms with Gasteiger partial charge in [0.05, 0.1) is 0 Å². The first-order valence-corrected chi connectivity index (χ1v) is 4.75. The van der Waals surface area contributed by atoms with Crippen molar-refractivity contribution in [3.63, 3.8) is 0 Å². The summed E-state index contributed by atoms with van der Waals surface area (Å²) in [5.41, 5.74) is 1.78. The second-order valence-electron chi connectivity index (χ2n) is 3.18. The number of aryl methyl sites for hydroxylation is 1. The van der Waals surface area contributed by atoms with E-state index in [1.54, 1.807) is 6.92 Å². The lowest BCUT2D eigenvalue weighted by molar-refractivity contribution is -0.137. The summed E-state index contributed by atoms with van der Waals surface area (Å²) in [6, 6.07) is 5.00. The Hall–Kier alpha value is -1.16. The molecule has 14 heavy (non-hydrogen) atoms. The maximum absolute atomic E-state index is 10.6. The number of anilines is 1. The first-order valence-electron chi connectivity index (χ1n) is 4.30. The van der Waals surface area contributed by atoms with Crippen molar-refractivity contribution in [1.29, 1.82) is 0 Å². The quantitative estimate of drug-likeness (QED) is 0.671. The molecule has 0 saturated heterocycles. The number of carboxylic acids is 1. The van der Waals surface area contributed by atoms with Gasteiger partial charge in [-0.25, -0.2) is 0 Å². The van der Waals surface area contributed by atoms with Gasteiger partial charge in [-0.1, -0.05) is 12.1 Å². The van der Waals surface area contributed by atoms with E-state index in [1.807, 2.05) is 25.1 Å². The predicted molar refractivity (Wildman–Crippen MR) is 59.2 cm³/mol. The van der Waals surface area contributed by atoms with Gasteiger partial charge in [0.2, 0.25) is 0 Å². The van der Waals surface area contributed by atoms with Gasteiger partial charge < -0.3 is 10.4 Å². The average Bonchev–Trinajstić information content (AvgIpc) is 2.12. The lowest BCUT2D eigenvalue weighted by Crippen LogP contribution is -2.25. The molecule has 1 aromatic carbocycles. The number of nitrogens with one attached hydrogen (secondary N) is 1. The van der Waals surface area contributed by atoms with Crippen LogP contribution in [0.2, 0.25) is 0 Å². The fraction of sp³-hybridized carbons (Fsp3) is 0.300. The Labute approximate surface area is 88.6 Å². The minimum atomic E-state index is -0.876. The standard InChI is InChI=1S/C10H13NO2S/c1-6-4-3-5-8(9(6)14)11-7(2)10(12)13/h3-5,7,11,14H,1-2H3,(H,12,13). The van der Waals surface area contributed by atoms with E-state index < -0.39 is 12.0 Å². The smallest absolute Gasteiger partial charge is 0.325 e. The number of hydrogen-bond donors (Lipinski definition) is 3. The van der Waals surface area contributed by atoms with Gasteiger partial charge in [0, 0.05) is 10.6 Å². The predicted octanol–water partition coefficient (Wildman–Crippen LogP) is 2.17. The molecule has 4 heteroatoms. The Morgan fingerprint density at radius 1 is 1.57 bits per heavy atom. The zero-order chi connectivity index (χ0) is 10.7. The lowest BCUT2D eigenvalue weighted by Gasteiger charge is -2.13. The summed E-state index contributed by atoms with van der Waals surface area (Å²) >= 11 is 4.30. The SMILES string of the molecule is Cc1cccc(NC(C)C(=O)O)c1S. The van der Waals surface area contributed by atoms with Gasteiger partial charge in [0.15, 0.2) is 0 Å². The highest BCUT2D eigenvalue weighted by Gasteiger charge is 2.11. The largest absolute Gasteiger partial charge is 0.480 e. The third-order valence-corrected chi connectivity index (χ3v) is 2.57. The molecule has 1 aromatic rings. The number of carboxylic acid groups (broad SMARTS) is 1. The van der Waals surface area contributed by atoms with E-state index in [9.17, 15) is 4.79 Å². The van der Waals surface area contributed by atoms with Crippen molar-refractivity contribution in [2.24, 2.45) is 0 Å². The van der Waals surface area contributed by atoms with Crippen LogP contribution in [-0.4, -0.2) is 17.1 Å². The number of rotatable bonds is 3. The van der Waals surface area contributed by atoms with Crippen LogP contribution in [0.3, 0.4) is 0 Å². The molecule has 0 aliphatic heterocycles. The van der Waals surface area contributed by atoms with Crippen LogP contribution in [0.15, 0.2) is 23.1 Å². The lowest BCUT2D eigenvalue weighted by atomic mass is 10.2. The molecule has 0 fully saturated rings. The Balaban J connectivity index is 2.87. The number of hydrogen-bond acceptors (Lipinski definition) is 3. The second kappa shape index (κ2) is 4.37. The van der Waals surface area contributed by atoms with Gasteiger partial charge in [0.1, 0.15) is 6.04 Å². The third kappa shape index (κ3) is 2.42. The van der Waals surface area contributed by atoms with E-state index >= 15 is 0 Å². The number of thiol groups is 1. The van der Waals surface area contributed by atoms with Gasteiger partial charge in [0.25, 0.3) is 0 Å². The Kier molecular flexibility index (Phi) is 3.41. The van der Waals surface area contributed by atoms with Crippen LogP contribution in [0.5, 0.6) is 0 Å². The Morgan fingerprint density at radius 3 is 2.79 bits per heavy atom. The summed E-state index contributed by atoms with van der Waals surface area (Å²) in [5.74, 6) is -0.876. The van der Waals surface area contributed by atoms with E-state index in [4.69, 9.17) is 5.11 Å². The molecule has 0 aromatic heterocycles. The van der Waals surface area contributed by atoms with Crippen LogP contribution in [0, 0.1) is 6.92 Å². The molecule has 1 atom stereocenters. The van der Waals surface area contributed by atoms with Crippen molar-refractivity contribution in [3.05, 3.63) is 23.8 Å². The summed E-state index contributed by atoms with van der Waals surface area (Å²) in [6.07, 6.45) is 0. The van der Waals surface area contributed by atoms with Crippen LogP contribution in [0.4, 0.5) is 5.69 Å². The van der Waals surface area contributed by atoms with Gasteiger partial charge in [-0.05, 0) is 25.5 Å². The van der Waals surface area contributed by atoms with Crippen LogP contribution in [0.1, 0.15) is 12.5 Å². The van der Waals surface area contributed by atoms with Crippen LogP contribution in [0.25, 0.3) is 0 Å². The highest BCUT2D eigenvalue weighted by Crippen LogP contribution is 2.23. The summed E-state index contributed by atoms with van der Waals surface area (Å²) in [7, 11) is 0. The molecule has 3 nitrogen and oxygen atoms in total. The molecule has 0 saturated carbocycles. The minimum Gasteiger partial charge on any atom is -0.480 e. The van der Waals surface area contributed by atoms with Gasteiger partial charge in [-0.2, -0.15) is 0 Å². The molecule has 0 radical (unpaired) electrons. The fourth-order valence-electron chi connectivity index (χ4n) is 1.07. The van der Waals surface area contributed by atoms with Gasteiger partial charge >= 0.3 is 5.97 Å². The Bertz CT molecular complexity index is 352. The van der Waals surface area contributed by atoms with Crippen LogP contribution < -0.4 is 5.32 Å². The minimum absolute atomic E-state index is 0.609. The molecule has 0 amide bonds. The third-order valence-electron chi connectivity index (χ3n) is 1.98. The maximum Gasteiger partial charge on any atom is 0.325 e. The molecule has 0 heterocycles. The molecule has 2 N–H and O–H groups in total. The molecule has 0 aliphatic carbocycles. The topological polar surface area (TPSA) is 49.3 Å². The number of benzene rings is 1. The van der Waals surface area contributed by atoms with Gasteiger partial charge in [-0.15, -0.1) is 12.6 Å². The molecule has 76 valence electrons. The molecule has 0 bridgehead atoms. The van der Waals surface area contributed by atoms with Crippen LogP contribution in [-0.2, 0) is 4.79 Å². The highest BCUT2D eigenvalue weighted by atomic mass is 32.1.